The summed E-state index contributed by atoms with van der Waals surface area (Å²) in [5.41, 5.74) is 1.10. The van der Waals surface area contributed by atoms with E-state index in [-0.39, 0.29) is 6.04 Å². The van der Waals surface area contributed by atoms with E-state index >= 15 is 0 Å². The minimum Gasteiger partial charge on any atom is -0.486 e. The first-order valence-electron chi connectivity index (χ1n) is 8.83. The maximum absolute atomic E-state index is 5.80. The number of nitrogens with one attached hydrogen (secondary N) is 1. The summed E-state index contributed by atoms with van der Waals surface area (Å²) in [6.45, 7) is 4.25. The third kappa shape index (κ3) is 3.95. The van der Waals surface area contributed by atoms with Crippen molar-refractivity contribution in [1.29, 1.82) is 0 Å². The summed E-state index contributed by atoms with van der Waals surface area (Å²) in [5.74, 6) is 1.97. The van der Waals surface area contributed by atoms with Gasteiger partial charge in [-0.2, -0.15) is 0 Å². The van der Waals surface area contributed by atoms with E-state index in [9.17, 15) is 0 Å². The first-order chi connectivity index (χ1) is 12.8. The van der Waals surface area contributed by atoms with Gasteiger partial charge in [-0.05, 0) is 12.1 Å². The highest BCUT2D eigenvalue weighted by atomic mass is 32.1. The molecule has 136 valence electrons. The molecule has 2 aromatic heterocycles. The predicted octanol–water partition coefficient (Wildman–Crippen LogP) is 2.60. The summed E-state index contributed by atoms with van der Waals surface area (Å²) in [6.07, 6.45) is 3.87. The molecule has 7 heteroatoms. The van der Waals surface area contributed by atoms with E-state index in [4.69, 9.17) is 9.72 Å². The Balaban J connectivity index is 1.40. The van der Waals surface area contributed by atoms with Gasteiger partial charge < -0.3 is 14.6 Å². The number of rotatable bonds is 6. The number of para-hydroxylation sites is 1. The average molecular weight is 369 g/mol. The number of ether oxygens (including phenoxy) is 1. The quantitative estimate of drug-likeness (QED) is 0.724. The van der Waals surface area contributed by atoms with Gasteiger partial charge in [-0.3, -0.25) is 4.90 Å². The zero-order chi connectivity index (χ0) is 17.8. The molecular weight excluding hydrogens is 346 g/mol. The molecule has 1 aliphatic rings. The second kappa shape index (κ2) is 7.99. The molecule has 0 amide bonds. The molecule has 4 rings (SSSR count). The summed E-state index contributed by atoms with van der Waals surface area (Å²) in [7, 11) is 2.05. The molecule has 0 bridgehead atoms. The molecule has 0 aliphatic carbocycles. The molecule has 26 heavy (non-hydrogen) atoms. The lowest BCUT2D eigenvalue weighted by Crippen LogP contribution is -2.46. The van der Waals surface area contributed by atoms with Gasteiger partial charge in [0.15, 0.2) is 0 Å². The zero-order valence-corrected chi connectivity index (χ0v) is 15.7. The third-order valence-electron chi connectivity index (χ3n) is 4.58. The molecule has 1 fully saturated rings. The fraction of sp³-hybridized carbons (Fsp3) is 0.368. The van der Waals surface area contributed by atoms with Crippen LogP contribution in [0.3, 0.4) is 0 Å². The molecule has 1 unspecified atom stereocenters. The molecule has 0 radical (unpaired) electrons. The number of imidazole rings is 1. The van der Waals surface area contributed by atoms with Crippen LogP contribution in [0.1, 0.15) is 22.6 Å². The van der Waals surface area contributed by atoms with Crippen molar-refractivity contribution >= 4 is 11.3 Å². The molecule has 3 aromatic rings. The maximum Gasteiger partial charge on any atom is 0.140 e. The Morgan fingerprint density at radius 1 is 1.31 bits per heavy atom. The molecule has 1 atom stereocenters. The lowest BCUT2D eigenvalue weighted by Gasteiger charge is -2.35. The van der Waals surface area contributed by atoms with Crippen LogP contribution in [0.2, 0.25) is 0 Å². The fourth-order valence-corrected chi connectivity index (χ4v) is 3.94. The lowest BCUT2D eigenvalue weighted by molar-refractivity contribution is 0.143. The molecule has 1 aromatic carbocycles. The maximum atomic E-state index is 5.80. The number of hydrogen-bond acceptors (Lipinski definition) is 6. The zero-order valence-electron chi connectivity index (χ0n) is 14.8. The van der Waals surface area contributed by atoms with E-state index in [1.54, 1.807) is 11.3 Å². The van der Waals surface area contributed by atoms with Crippen molar-refractivity contribution in [2.45, 2.75) is 19.2 Å². The summed E-state index contributed by atoms with van der Waals surface area (Å²) in [5, 5.41) is 6.62. The Hall–Kier alpha value is -2.22. The van der Waals surface area contributed by atoms with Crippen molar-refractivity contribution < 1.29 is 4.74 Å². The van der Waals surface area contributed by atoms with Gasteiger partial charge >= 0.3 is 0 Å². The van der Waals surface area contributed by atoms with Crippen LogP contribution in [0.4, 0.5) is 0 Å². The van der Waals surface area contributed by atoms with E-state index < -0.39 is 0 Å². The third-order valence-corrected chi connectivity index (χ3v) is 5.45. The molecule has 1 aliphatic heterocycles. The van der Waals surface area contributed by atoms with Crippen LogP contribution in [0.5, 0.6) is 5.75 Å². The minimum absolute atomic E-state index is 0.273. The van der Waals surface area contributed by atoms with Crippen LogP contribution in [-0.4, -0.2) is 39.1 Å². The van der Waals surface area contributed by atoms with Crippen molar-refractivity contribution in [3.63, 3.8) is 0 Å². The lowest BCUT2D eigenvalue weighted by atomic mass is 10.1. The van der Waals surface area contributed by atoms with E-state index in [1.807, 2.05) is 42.7 Å². The first kappa shape index (κ1) is 17.2. The average Bonchev–Trinajstić information content (AvgIpc) is 3.30. The molecule has 1 saturated heterocycles. The fourth-order valence-electron chi connectivity index (χ4n) is 3.25. The van der Waals surface area contributed by atoms with Gasteiger partial charge in [0.05, 0.1) is 11.7 Å². The molecule has 6 nitrogen and oxygen atoms in total. The number of aryl methyl sites for hydroxylation is 1. The summed E-state index contributed by atoms with van der Waals surface area (Å²) in [4.78, 5) is 11.8. The van der Waals surface area contributed by atoms with Crippen molar-refractivity contribution in [2.75, 3.05) is 19.6 Å². The van der Waals surface area contributed by atoms with E-state index in [1.165, 1.54) is 0 Å². The normalized spacial score (nSPS) is 18.1. The summed E-state index contributed by atoms with van der Waals surface area (Å²) >= 11 is 1.66. The van der Waals surface area contributed by atoms with E-state index in [0.29, 0.717) is 6.61 Å². The van der Waals surface area contributed by atoms with E-state index in [0.717, 1.165) is 48.5 Å². The van der Waals surface area contributed by atoms with Crippen LogP contribution < -0.4 is 10.1 Å². The van der Waals surface area contributed by atoms with Crippen molar-refractivity contribution in [3.05, 3.63) is 64.6 Å². The highest BCUT2D eigenvalue weighted by molar-refractivity contribution is 7.09. The van der Waals surface area contributed by atoms with Gasteiger partial charge in [0.2, 0.25) is 0 Å². The molecule has 0 spiro atoms. The SMILES string of the molecule is Cn1ccnc1C1CNCCN1Cc1csc(COc2ccccc2)n1. The summed E-state index contributed by atoms with van der Waals surface area (Å²) < 4.78 is 7.90. The summed E-state index contributed by atoms with van der Waals surface area (Å²) in [6, 6.07) is 10.1. The molecule has 0 saturated carbocycles. The van der Waals surface area contributed by atoms with Crippen LogP contribution >= 0.6 is 11.3 Å². The van der Waals surface area contributed by atoms with Gasteiger partial charge in [0, 0.05) is 51.0 Å². The number of nitrogens with zero attached hydrogens (tertiary/aromatic N) is 4. The van der Waals surface area contributed by atoms with Crippen molar-refractivity contribution in [1.82, 2.24) is 24.8 Å². The van der Waals surface area contributed by atoms with Crippen molar-refractivity contribution in [3.8, 4) is 5.75 Å². The highest BCUT2D eigenvalue weighted by Gasteiger charge is 2.27. The van der Waals surface area contributed by atoms with Crippen LogP contribution in [0.15, 0.2) is 48.1 Å². The Kier molecular flexibility index (Phi) is 5.29. The number of piperazine rings is 1. The van der Waals surface area contributed by atoms with Gasteiger partial charge in [-0.25, -0.2) is 9.97 Å². The predicted molar refractivity (Wildman–Crippen MR) is 102 cm³/mol. The number of hydrogen-bond donors (Lipinski definition) is 1. The second-order valence-electron chi connectivity index (χ2n) is 6.42. The Labute approximate surface area is 157 Å². The van der Waals surface area contributed by atoms with E-state index in [2.05, 4.69) is 32.2 Å². The van der Waals surface area contributed by atoms with Crippen LogP contribution in [0, 0.1) is 0 Å². The van der Waals surface area contributed by atoms with Crippen molar-refractivity contribution in [2.24, 2.45) is 7.05 Å². The monoisotopic (exact) mass is 369 g/mol. The molecule has 1 N–H and O–H groups in total. The highest BCUT2D eigenvalue weighted by Crippen LogP contribution is 2.23. The number of aromatic nitrogens is 3. The van der Waals surface area contributed by atoms with Gasteiger partial charge in [-0.15, -0.1) is 11.3 Å². The topological polar surface area (TPSA) is 55.2 Å². The Morgan fingerprint density at radius 2 is 2.19 bits per heavy atom. The largest absolute Gasteiger partial charge is 0.486 e. The standard InChI is InChI=1S/C19H23N5OS/c1-23-9-8-21-19(23)17-11-20-7-10-24(17)12-15-14-26-18(22-15)13-25-16-5-3-2-4-6-16/h2-6,8-9,14,17,20H,7,10-13H2,1H3. The van der Waals surface area contributed by atoms with Gasteiger partial charge in [-0.1, -0.05) is 18.2 Å². The molecular formula is C19H23N5OS. The van der Waals surface area contributed by atoms with Gasteiger partial charge in [0.25, 0.3) is 0 Å². The number of benzene rings is 1. The minimum atomic E-state index is 0.273. The van der Waals surface area contributed by atoms with Gasteiger partial charge in [0.1, 0.15) is 23.2 Å². The Morgan fingerprint density at radius 3 is 3.00 bits per heavy atom. The Bertz CT molecular complexity index is 831. The number of thiazole rings is 1. The smallest absolute Gasteiger partial charge is 0.140 e. The second-order valence-corrected chi connectivity index (χ2v) is 7.36. The van der Waals surface area contributed by atoms with Crippen LogP contribution in [-0.2, 0) is 20.2 Å². The first-order valence-corrected chi connectivity index (χ1v) is 9.70. The molecule has 3 heterocycles. The van der Waals surface area contributed by atoms with Crippen LogP contribution in [0.25, 0.3) is 0 Å².